The zero-order valence-electron chi connectivity index (χ0n) is 14.6. The summed E-state index contributed by atoms with van der Waals surface area (Å²) >= 11 is 1.40. The molecule has 1 aliphatic carbocycles. The van der Waals surface area contributed by atoms with E-state index in [2.05, 4.69) is 12.2 Å². The van der Waals surface area contributed by atoms with Crippen LogP contribution in [-0.4, -0.2) is 25.6 Å². The second-order valence-corrected chi connectivity index (χ2v) is 7.42. The van der Waals surface area contributed by atoms with E-state index in [1.807, 2.05) is 0 Å². The van der Waals surface area contributed by atoms with Crippen LogP contribution in [0, 0.1) is 11.7 Å². The normalized spacial score (nSPS) is 15.9. The standard InChI is InChI=1S/C19H20FNO4S/c1-11-7-8-12-15(9-11)26-18(17(12)19(23)24-2)21-16(22)10-25-14-6-4-3-5-13(14)20/h3-6,11H,7-10H2,1-2H3,(H,21,22)/t11-/m0/s1. The number of esters is 1. The summed E-state index contributed by atoms with van der Waals surface area (Å²) in [5.74, 6) is -0.890. The van der Waals surface area contributed by atoms with E-state index in [-0.39, 0.29) is 12.4 Å². The number of halogens is 1. The van der Waals surface area contributed by atoms with Crippen LogP contribution in [0.3, 0.4) is 0 Å². The van der Waals surface area contributed by atoms with Gasteiger partial charge in [-0.25, -0.2) is 9.18 Å². The van der Waals surface area contributed by atoms with Gasteiger partial charge in [-0.2, -0.15) is 0 Å². The molecule has 5 nitrogen and oxygen atoms in total. The Bertz CT molecular complexity index is 833. The van der Waals surface area contributed by atoms with Crippen molar-refractivity contribution in [2.24, 2.45) is 5.92 Å². The number of rotatable bonds is 5. The van der Waals surface area contributed by atoms with Gasteiger partial charge in [-0.3, -0.25) is 4.79 Å². The average Bonchev–Trinajstić information content (AvgIpc) is 2.97. The van der Waals surface area contributed by atoms with Crippen LogP contribution in [-0.2, 0) is 22.4 Å². The lowest BCUT2D eigenvalue weighted by Crippen LogP contribution is -2.21. The predicted molar refractivity (Wildman–Crippen MR) is 97.4 cm³/mol. The predicted octanol–water partition coefficient (Wildman–Crippen LogP) is 3.82. The molecule has 1 heterocycles. The van der Waals surface area contributed by atoms with Crippen LogP contribution in [0.1, 0.15) is 34.1 Å². The molecule has 0 saturated carbocycles. The first-order chi connectivity index (χ1) is 12.5. The van der Waals surface area contributed by atoms with Crippen molar-refractivity contribution in [1.29, 1.82) is 0 Å². The lowest BCUT2D eigenvalue weighted by atomic mass is 9.88. The van der Waals surface area contributed by atoms with Crippen molar-refractivity contribution < 1.29 is 23.5 Å². The van der Waals surface area contributed by atoms with E-state index in [0.717, 1.165) is 29.7 Å². The fourth-order valence-corrected chi connectivity index (χ4v) is 4.44. The van der Waals surface area contributed by atoms with Crippen molar-refractivity contribution in [3.05, 3.63) is 46.1 Å². The highest BCUT2D eigenvalue weighted by Crippen LogP contribution is 2.40. The van der Waals surface area contributed by atoms with Gasteiger partial charge in [0.15, 0.2) is 18.2 Å². The minimum Gasteiger partial charge on any atom is -0.481 e. The van der Waals surface area contributed by atoms with Gasteiger partial charge in [-0.05, 0) is 42.9 Å². The van der Waals surface area contributed by atoms with Gasteiger partial charge in [-0.1, -0.05) is 19.1 Å². The van der Waals surface area contributed by atoms with Crippen molar-refractivity contribution in [2.75, 3.05) is 19.0 Å². The lowest BCUT2D eigenvalue weighted by molar-refractivity contribution is -0.118. The number of nitrogens with one attached hydrogen (secondary N) is 1. The third-order valence-electron chi connectivity index (χ3n) is 4.35. The lowest BCUT2D eigenvalue weighted by Gasteiger charge is -2.18. The van der Waals surface area contributed by atoms with E-state index < -0.39 is 17.7 Å². The molecule has 0 saturated heterocycles. The number of hydrogen-bond acceptors (Lipinski definition) is 5. The summed E-state index contributed by atoms with van der Waals surface area (Å²) < 4.78 is 23.7. The summed E-state index contributed by atoms with van der Waals surface area (Å²) in [7, 11) is 1.32. The molecular formula is C19H20FNO4S. The van der Waals surface area contributed by atoms with E-state index in [1.54, 1.807) is 12.1 Å². The summed E-state index contributed by atoms with van der Waals surface area (Å²) in [5.41, 5.74) is 1.39. The number of hydrogen-bond donors (Lipinski definition) is 1. The minimum atomic E-state index is -0.531. The zero-order chi connectivity index (χ0) is 18.7. The maximum absolute atomic E-state index is 13.6. The minimum absolute atomic E-state index is 0.00939. The Labute approximate surface area is 155 Å². The Balaban J connectivity index is 1.75. The van der Waals surface area contributed by atoms with E-state index >= 15 is 0 Å². The molecule has 0 fully saturated rings. The van der Waals surface area contributed by atoms with Gasteiger partial charge in [0.1, 0.15) is 5.00 Å². The topological polar surface area (TPSA) is 64.6 Å². The molecule has 3 rings (SSSR count). The number of ether oxygens (including phenoxy) is 2. The summed E-state index contributed by atoms with van der Waals surface area (Å²) in [4.78, 5) is 25.5. The smallest absolute Gasteiger partial charge is 0.341 e. The summed E-state index contributed by atoms with van der Waals surface area (Å²) in [5, 5.41) is 3.19. The number of thiophene rings is 1. The van der Waals surface area contributed by atoms with Crippen LogP contribution in [0.25, 0.3) is 0 Å². The molecule has 26 heavy (non-hydrogen) atoms. The molecule has 1 aliphatic rings. The first-order valence-electron chi connectivity index (χ1n) is 8.39. The molecule has 138 valence electrons. The highest BCUT2D eigenvalue weighted by Gasteiger charge is 2.28. The van der Waals surface area contributed by atoms with Gasteiger partial charge in [-0.15, -0.1) is 11.3 Å². The van der Waals surface area contributed by atoms with Crippen LogP contribution in [0.5, 0.6) is 5.75 Å². The third-order valence-corrected chi connectivity index (χ3v) is 5.52. The number of carbonyl (C=O) groups is 2. The van der Waals surface area contributed by atoms with Crippen molar-refractivity contribution in [3.63, 3.8) is 0 Å². The van der Waals surface area contributed by atoms with Gasteiger partial charge in [0.25, 0.3) is 5.91 Å². The molecule has 1 N–H and O–H groups in total. The van der Waals surface area contributed by atoms with Gasteiger partial charge >= 0.3 is 5.97 Å². The average molecular weight is 377 g/mol. The van der Waals surface area contributed by atoms with Crippen molar-refractivity contribution in [3.8, 4) is 5.75 Å². The van der Waals surface area contributed by atoms with Gasteiger partial charge in [0.05, 0.1) is 12.7 Å². The van der Waals surface area contributed by atoms with E-state index in [4.69, 9.17) is 9.47 Å². The molecule has 2 aromatic rings. The van der Waals surface area contributed by atoms with E-state index in [9.17, 15) is 14.0 Å². The number of carbonyl (C=O) groups excluding carboxylic acids is 2. The van der Waals surface area contributed by atoms with Crippen LogP contribution < -0.4 is 10.1 Å². The Morgan fingerprint density at radius 1 is 1.35 bits per heavy atom. The largest absolute Gasteiger partial charge is 0.481 e. The second-order valence-electron chi connectivity index (χ2n) is 6.31. The Morgan fingerprint density at radius 3 is 2.85 bits per heavy atom. The Hall–Kier alpha value is -2.41. The van der Waals surface area contributed by atoms with Gasteiger partial charge in [0.2, 0.25) is 0 Å². The van der Waals surface area contributed by atoms with Gasteiger partial charge in [0, 0.05) is 4.88 Å². The Kier molecular flexibility index (Phi) is 5.56. The summed E-state index contributed by atoms with van der Waals surface area (Å²) in [6.45, 7) is 1.82. The highest BCUT2D eigenvalue weighted by molar-refractivity contribution is 7.17. The maximum atomic E-state index is 13.6. The molecule has 0 spiro atoms. The first-order valence-corrected chi connectivity index (χ1v) is 9.21. The number of anilines is 1. The first kappa shape index (κ1) is 18.4. The number of methoxy groups -OCH3 is 1. The summed E-state index contributed by atoms with van der Waals surface area (Å²) in [6, 6.07) is 5.88. The number of para-hydroxylation sites is 1. The molecule has 1 amide bonds. The van der Waals surface area contributed by atoms with Crippen LogP contribution in [0.4, 0.5) is 9.39 Å². The number of benzene rings is 1. The molecule has 0 bridgehead atoms. The zero-order valence-corrected chi connectivity index (χ0v) is 15.5. The molecule has 0 radical (unpaired) electrons. The maximum Gasteiger partial charge on any atom is 0.341 e. The van der Waals surface area contributed by atoms with Crippen molar-refractivity contribution in [2.45, 2.75) is 26.2 Å². The molecule has 1 atom stereocenters. The Morgan fingerprint density at radius 2 is 2.12 bits per heavy atom. The molecule has 1 aromatic carbocycles. The van der Waals surface area contributed by atoms with Crippen LogP contribution in [0.15, 0.2) is 24.3 Å². The fraction of sp³-hybridized carbons (Fsp3) is 0.368. The molecule has 7 heteroatoms. The number of amides is 1. The number of fused-ring (bicyclic) bond motifs is 1. The third kappa shape index (κ3) is 3.88. The fourth-order valence-electron chi connectivity index (χ4n) is 3.02. The van der Waals surface area contributed by atoms with Crippen LogP contribution >= 0.6 is 11.3 Å². The second kappa shape index (κ2) is 7.86. The van der Waals surface area contributed by atoms with Crippen molar-refractivity contribution >= 4 is 28.2 Å². The summed E-state index contributed by atoms with van der Waals surface area (Å²) in [6.07, 6.45) is 2.67. The van der Waals surface area contributed by atoms with E-state index in [0.29, 0.717) is 16.5 Å². The molecule has 1 aromatic heterocycles. The molecule has 0 unspecified atom stereocenters. The van der Waals surface area contributed by atoms with E-state index in [1.165, 1.54) is 30.6 Å². The monoisotopic (exact) mass is 377 g/mol. The highest BCUT2D eigenvalue weighted by atomic mass is 32.1. The molecular weight excluding hydrogens is 357 g/mol. The quantitative estimate of drug-likeness (QED) is 0.805. The molecule has 0 aliphatic heterocycles. The van der Waals surface area contributed by atoms with Gasteiger partial charge < -0.3 is 14.8 Å². The van der Waals surface area contributed by atoms with Crippen LogP contribution in [0.2, 0.25) is 0 Å². The van der Waals surface area contributed by atoms with Crippen molar-refractivity contribution in [1.82, 2.24) is 0 Å². The SMILES string of the molecule is COC(=O)c1c(NC(=O)COc2ccccc2F)sc2c1CC[C@H](C)C2.